The zero-order valence-corrected chi connectivity index (χ0v) is 22.6. The quantitative estimate of drug-likeness (QED) is 0.477. The van der Waals surface area contributed by atoms with Gasteiger partial charge in [0.15, 0.2) is 9.84 Å². The van der Waals surface area contributed by atoms with Crippen LogP contribution >= 0.6 is 0 Å². The number of amides is 2. The van der Waals surface area contributed by atoms with E-state index in [-0.39, 0.29) is 28.6 Å². The minimum absolute atomic E-state index is 0.116. The van der Waals surface area contributed by atoms with Gasteiger partial charge in [0.25, 0.3) is 5.91 Å². The second-order valence-corrected chi connectivity index (χ2v) is 11.9. The van der Waals surface area contributed by atoms with Gasteiger partial charge in [-0.25, -0.2) is 13.2 Å². The van der Waals surface area contributed by atoms with Gasteiger partial charge >= 0.3 is 6.09 Å². The van der Waals surface area contributed by atoms with Gasteiger partial charge in [0, 0.05) is 31.7 Å². The summed E-state index contributed by atoms with van der Waals surface area (Å²) in [5.74, 6) is -0.0805. The van der Waals surface area contributed by atoms with Crippen molar-refractivity contribution in [1.82, 2.24) is 9.80 Å². The number of aryl methyl sites for hydroxylation is 2. The average molecular weight is 515 g/mol. The van der Waals surface area contributed by atoms with Gasteiger partial charge in [-0.1, -0.05) is 57.5 Å². The molecule has 7 nitrogen and oxygen atoms in total. The second-order valence-electron chi connectivity index (χ2n) is 9.91. The molecule has 1 aliphatic heterocycles. The molecule has 0 bridgehead atoms. The Morgan fingerprint density at radius 2 is 1.56 bits per heavy atom. The first kappa shape index (κ1) is 27.7. The molecule has 2 aromatic carbocycles. The van der Waals surface area contributed by atoms with E-state index in [0.717, 1.165) is 30.4 Å². The molecule has 0 unspecified atom stereocenters. The monoisotopic (exact) mass is 514 g/mol. The van der Waals surface area contributed by atoms with Crippen LogP contribution in [0.3, 0.4) is 0 Å². The molecule has 8 heteroatoms. The molecule has 0 saturated carbocycles. The minimum Gasteiger partial charge on any atom is -0.449 e. The lowest BCUT2D eigenvalue weighted by Gasteiger charge is -2.34. The number of ether oxygens (including phenoxy) is 1. The van der Waals surface area contributed by atoms with Crippen molar-refractivity contribution < 1.29 is 22.7 Å². The fraction of sp³-hybridized carbons (Fsp3) is 0.500. The zero-order valence-electron chi connectivity index (χ0n) is 21.8. The molecule has 1 heterocycles. The van der Waals surface area contributed by atoms with Crippen molar-refractivity contribution in [2.75, 3.05) is 32.8 Å². The second kappa shape index (κ2) is 12.4. The zero-order chi connectivity index (χ0) is 26.3. The molecule has 1 saturated heterocycles. The highest BCUT2D eigenvalue weighted by Crippen LogP contribution is 2.22. The largest absolute Gasteiger partial charge is 0.449 e. The predicted molar refractivity (Wildman–Crippen MR) is 141 cm³/mol. The number of benzene rings is 2. The summed E-state index contributed by atoms with van der Waals surface area (Å²) in [6.07, 6.45) is 2.85. The molecule has 1 fully saturated rings. The number of carbonyl (C=O) groups excluding carboxylic acids is 2. The Kier molecular flexibility index (Phi) is 9.54. The molecule has 2 aromatic rings. The van der Waals surface area contributed by atoms with E-state index in [4.69, 9.17) is 4.74 Å². The van der Waals surface area contributed by atoms with E-state index >= 15 is 0 Å². The fourth-order valence-electron chi connectivity index (χ4n) is 4.10. The molecule has 0 aliphatic carbocycles. The molecule has 196 valence electrons. The van der Waals surface area contributed by atoms with Gasteiger partial charge < -0.3 is 14.5 Å². The van der Waals surface area contributed by atoms with E-state index in [0.29, 0.717) is 38.3 Å². The summed E-state index contributed by atoms with van der Waals surface area (Å²) in [4.78, 5) is 28.9. The number of hydrogen-bond donors (Lipinski definition) is 0. The van der Waals surface area contributed by atoms with Crippen LogP contribution in [0.4, 0.5) is 4.79 Å². The van der Waals surface area contributed by atoms with Crippen LogP contribution in [0.2, 0.25) is 0 Å². The van der Waals surface area contributed by atoms with Gasteiger partial charge in [0.2, 0.25) is 0 Å². The van der Waals surface area contributed by atoms with Crippen LogP contribution in [0.25, 0.3) is 0 Å². The highest BCUT2D eigenvalue weighted by Gasteiger charge is 2.27. The van der Waals surface area contributed by atoms with Crippen LogP contribution in [0.5, 0.6) is 0 Å². The van der Waals surface area contributed by atoms with E-state index in [2.05, 4.69) is 6.92 Å². The van der Waals surface area contributed by atoms with Gasteiger partial charge in [-0.3, -0.25) is 4.79 Å². The predicted octanol–water partition coefficient (Wildman–Crippen LogP) is 4.86. The van der Waals surface area contributed by atoms with Crippen molar-refractivity contribution in [1.29, 1.82) is 0 Å². The van der Waals surface area contributed by atoms with Crippen molar-refractivity contribution in [2.24, 2.45) is 5.92 Å². The van der Waals surface area contributed by atoms with Crippen molar-refractivity contribution in [3.8, 4) is 0 Å². The summed E-state index contributed by atoms with van der Waals surface area (Å²) < 4.78 is 31.6. The highest BCUT2D eigenvalue weighted by molar-refractivity contribution is 7.90. The van der Waals surface area contributed by atoms with Gasteiger partial charge in [-0.2, -0.15) is 0 Å². The Morgan fingerprint density at radius 3 is 2.17 bits per heavy atom. The third kappa shape index (κ3) is 7.32. The van der Waals surface area contributed by atoms with Crippen LogP contribution < -0.4 is 0 Å². The van der Waals surface area contributed by atoms with Gasteiger partial charge in [0.05, 0.1) is 17.3 Å². The number of hydrogen-bond acceptors (Lipinski definition) is 5. The van der Waals surface area contributed by atoms with E-state index in [1.165, 1.54) is 11.6 Å². The Balaban J connectivity index is 1.67. The first-order valence-electron chi connectivity index (χ1n) is 12.7. The average Bonchev–Trinajstić information content (AvgIpc) is 2.86. The Bertz CT molecular complexity index is 1150. The maximum absolute atomic E-state index is 13.3. The van der Waals surface area contributed by atoms with E-state index in [1.54, 1.807) is 28.9 Å². The summed E-state index contributed by atoms with van der Waals surface area (Å²) in [6, 6.07) is 12.5. The molecule has 0 aromatic heterocycles. The third-order valence-corrected chi connectivity index (χ3v) is 8.05. The van der Waals surface area contributed by atoms with Crippen molar-refractivity contribution in [3.05, 3.63) is 64.7 Å². The molecule has 0 N–H and O–H groups in total. The molecule has 1 aliphatic rings. The lowest BCUT2D eigenvalue weighted by molar-refractivity contribution is 0.0534. The van der Waals surface area contributed by atoms with Crippen LogP contribution in [0, 0.1) is 12.8 Å². The van der Waals surface area contributed by atoms with Crippen molar-refractivity contribution in [3.63, 3.8) is 0 Å². The van der Waals surface area contributed by atoms with Crippen molar-refractivity contribution >= 4 is 21.8 Å². The van der Waals surface area contributed by atoms with Gasteiger partial charge in [-0.05, 0) is 54.5 Å². The molecule has 36 heavy (non-hydrogen) atoms. The first-order valence-corrected chi connectivity index (χ1v) is 14.4. The third-order valence-electron chi connectivity index (χ3n) is 6.36. The summed E-state index contributed by atoms with van der Waals surface area (Å²) in [7, 11) is -3.62. The number of rotatable bonds is 9. The van der Waals surface area contributed by atoms with Gasteiger partial charge in [-0.15, -0.1) is 0 Å². The first-order chi connectivity index (χ1) is 17.1. The molecule has 0 atom stereocenters. The number of nitrogens with zero attached hydrogens (tertiary/aromatic N) is 2. The van der Waals surface area contributed by atoms with Gasteiger partial charge in [0.1, 0.15) is 0 Å². The molecule has 3 rings (SSSR count). The van der Waals surface area contributed by atoms with E-state index < -0.39 is 9.84 Å². The molecule has 0 spiro atoms. The maximum Gasteiger partial charge on any atom is 0.409 e. The van der Waals surface area contributed by atoms with Crippen LogP contribution in [0.1, 0.15) is 60.7 Å². The molecule has 0 radical (unpaired) electrons. The smallest absolute Gasteiger partial charge is 0.409 e. The molecule has 2 amide bonds. The normalized spacial score (nSPS) is 14.2. The molecular formula is C28H38N2O5S. The summed E-state index contributed by atoms with van der Waals surface area (Å²) in [5.41, 5.74) is 3.03. The number of sulfone groups is 1. The lowest BCUT2D eigenvalue weighted by Crippen LogP contribution is -2.51. The Morgan fingerprint density at radius 1 is 0.944 bits per heavy atom. The number of unbranched alkanes of at least 4 members (excludes halogenated alkanes) is 1. The summed E-state index contributed by atoms with van der Waals surface area (Å²) in [5, 5.41) is 0. The Labute approximate surface area is 215 Å². The van der Waals surface area contributed by atoms with Crippen LogP contribution in [0.15, 0.2) is 47.4 Å². The fourth-order valence-corrected chi connectivity index (χ4v) is 5.47. The topological polar surface area (TPSA) is 84.0 Å². The number of piperazine rings is 1. The highest BCUT2D eigenvalue weighted by atomic mass is 32.2. The minimum atomic E-state index is -3.62. The van der Waals surface area contributed by atoms with E-state index in [9.17, 15) is 18.0 Å². The van der Waals surface area contributed by atoms with Crippen molar-refractivity contribution in [2.45, 2.75) is 57.6 Å². The van der Waals surface area contributed by atoms with Crippen LogP contribution in [-0.4, -0.2) is 63.0 Å². The van der Waals surface area contributed by atoms with E-state index in [1.807, 2.05) is 38.1 Å². The Hall–Kier alpha value is -2.87. The maximum atomic E-state index is 13.3. The molecular weight excluding hydrogens is 476 g/mol. The summed E-state index contributed by atoms with van der Waals surface area (Å²) >= 11 is 0. The summed E-state index contributed by atoms with van der Waals surface area (Å²) in [6.45, 7) is 9.77. The van der Waals surface area contributed by atoms with Crippen LogP contribution in [-0.2, 0) is 26.7 Å². The standard InChI is InChI=1S/C28H38N2O5S/c1-5-6-7-23-9-11-24(12-10-23)20-36(33,34)25-13-8-22(4)26(18-25)27(31)29-14-16-30(17-15-29)28(32)35-19-21(2)3/h8-13,18,21H,5-7,14-17,19-20H2,1-4H3. The number of carbonyl (C=O) groups is 2. The SMILES string of the molecule is CCCCc1ccc(CS(=O)(=O)c2ccc(C)c(C(=O)N3CCN(C(=O)OCC(C)C)CC3)c2)cc1. The lowest BCUT2D eigenvalue weighted by atomic mass is 10.1.